The van der Waals surface area contributed by atoms with Crippen molar-refractivity contribution in [3.05, 3.63) is 59.0 Å². The Labute approximate surface area is 117 Å². The molecule has 1 aliphatic carbocycles. The van der Waals surface area contributed by atoms with Crippen LogP contribution in [-0.4, -0.2) is 11.1 Å². The molecule has 1 aromatic carbocycles. The first-order valence-electron chi connectivity index (χ1n) is 6.74. The number of nitrogens with one attached hydrogen (secondary N) is 1. The van der Waals surface area contributed by atoms with Gasteiger partial charge in [0.2, 0.25) is 0 Å². The SMILES string of the molecule is Cc1ccc(CNC2(C(=O)O)CCc3ccccc32)o1. The Morgan fingerprint density at radius 2 is 2.15 bits per heavy atom. The average molecular weight is 271 g/mol. The number of hydrogen-bond donors (Lipinski definition) is 2. The highest BCUT2D eigenvalue weighted by Crippen LogP contribution is 2.37. The van der Waals surface area contributed by atoms with Crippen LogP contribution < -0.4 is 5.32 Å². The van der Waals surface area contributed by atoms with Gasteiger partial charge in [-0.15, -0.1) is 0 Å². The summed E-state index contributed by atoms with van der Waals surface area (Å²) in [4.78, 5) is 11.8. The molecule has 4 heteroatoms. The summed E-state index contributed by atoms with van der Waals surface area (Å²) in [6.07, 6.45) is 1.36. The van der Waals surface area contributed by atoms with Gasteiger partial charge in [0.25, 0.3) is 0 Å². The lowest BCUT2D eigenvalue weighted by atomic mass is 9.91. The highest BCUT2D eigenvalue weighted by molar-refractivity contribution is 5.82. The van der Waals surface area contributed by atoms with E-state index in [2.05, 4.69) is 5.32 Å². The van der Waals surface area contributed by atoms with Gasteiger partial charge in [0.1, 0.15) is 17.1 Å². The highest BCUT2D eigenvalue weighted by atomic mass is 16.4. The summed E-state index contributed by atoms with van der Waals surface area (Å²) in [5.74, 6) is 0.760. The van der Waals surface area contributed by atoms with Gasteiger partial charge in [-0.05, 0) is 43.0 Å². The van der Waals surface area contributed by atoms with Gasteiger partial charge in [-0.25, -0.2) is 4.79 Å². The largest absolute Gasteiger partial charge is 0.480 e. The molecular weight excluding hydrogens is 254 g/mol. The molecule has 2 N–H and O–H groups in total. The number of benzene rings is 1. The van der Waals surface area contributed by atoms with Crippen LogP contribution in [0.25, 0.3) is 0 Å². The molecule has 1 aliphatic rings. The summed E-state index contributed by atoms with van der Waals surface area (Å²) in [5, 5.41) is 12.9. The summed E-state index contributed by atoms with van der Waals surface area (Å²) in [6, 6.07) is 11.5. The lowest BCUT2D eigenvalue weighted by molar-refractivity contribution is -0.145. The topological polar surface area (TPSA) is 62.5 Å². The molecule has 0 bridgehead atoms. The Hall–Kier alpha value is -2.07. The van der Waals surface area contributed by atoms with E-state index in [1.165, 1.54) is 0 Å². The predicted molar refractivity (Wildman–Crippen MR) is 74.4 cm³/mol. The summed E-state index contributed by atoms with van der Waals surface area (Å²) < 4.78 is 5.50. The first-order valence-corrected chi connectivity index (χ1v) is 6.74. The first-order chi connectivity index (χ1) is 9.62. The molecule has 0 radical (unpaired) electrons. The van der Waals surface area contributed by atoms with E-state index in [1.807, 2.05) is 43.3 Å². The third-order valence-electron chi connectivity index (χ3n) is 3.97. The molecule has 1 aromatic heterocycles. The normalized spacial score (nSPS) is 20.9. The van der Waals surface area contributed by atoms with Crippen LogP contribution in [-0.2, 0) is 23.3 Å². The van der Waals surface area contributed by atoms with E-state index in [-0.39, 0.29) is 0 Å². The van der Waals surface area contributed by atoms with E-state index in [0.29, 0.717) is 13.0 Å². The zero-order valence-corrected chi connectivity index (χ0v) is 11.3. The van der Waals surface area contributed by atoms with Gasteiger partial charge in [-0.3, -0.25) is 5.32 Å². The average Bonchev–Trinajstić information content (AvgIpc) is 3.01. The van der Waals surface area contributed by atoms with Crippen LogP contribution in [0, 0.1) is 6.92 Å². The van der Waals surface area contributed by atoms with Crippen LogP contribution in [0.2, 0.25) is 0 Å². The molecule has 3 rings (SSSR count). The van der Waals surface area contributed by atoms with Crippen molar-refractivity contribution >= 4 is 5.97 Å². The number of furan rings is 1. The summed E-state index contributed by atoms with van der Waals surface area (Å²) in [6.45, 7) is 2.29. The summed E-state index contributed by atoms with van der Waals surface area (Å²) >= 11 is 0. The van der Waals surface area contributed by atoms with Crippen molar-refractivity contribution in [3.63, 3.8) is 0 Å². The van der Waals surface area contributed by atoms with Crippen molar-refractivity contribution in [2.75, 3.05) is 0 Å². The van der Waals surface area contributed by atoms with Gasteiger partial charge in [0, 0.05) is 0 Å². The van der Waals surface area contributed by atoms with Crippen LogP contribution in [0.3, 0.4) is 0 Å². The van der Waals surface area contributed by atoms with Crippen molar-refractivity contribution in [3.8, 4) is 0 Å². The smallest absolute Gasteiger partial charge is 0.328 e. The molecule has 1 atom stereocenters. The number of carbonyl (C=O) groups is 1. The number of aryl methyl sites for hydroxylation is 2. The van der Waals surface area contributed by atoms with Crippen LogP contribution in [0.1, 0.15) is 29.1 Å². The summed E-state index contributed by atoms with van der Waals surface area (Å²) in [7, 11) is 0. The predicted octanol–water partition coefficient (Wildman–Crippen LogP) is 2.60. The van der Waals surface area contributed by atoms with E-state index in [9.17, 15) is 9.90 Å². The van der Waals surface area contributed by atoms with Gasteiger partial charge in [-0.2, -0.15) is 0 Å². The minimum absolute atomic E-state index is 0.411. The Morgan fingerprint density at radius 3 is 2.85 bits per heavy atom. The van der Waals surface area contributed by atoms with Crippen molar-refractivity contribution in [2.24, 2.45) is 0 Å². The number of rotatable bonds is 4. The third-order valence-corrected chi connectivity index (χ3v) is 3.97. The van der Waals surface area contributed by atoms with E-state index < -0.39 is 11.5 Å². The maximum Gasteiger partial charge on any atom is 0.328 e. The van der Waals surface area contributed by atoms with Crippen LogP contribution >= 0.6 is 0 Å². The Balaban J connectivity index is 1.89. The van der Waals surface area contributed by atoms with Crippen molar-refractivity contribution < 1.29 is 14.3 Å². The van der Waals surface area contributed by atoms with Crippen molar-refractivity contribution in [1.82, 2.24) is 5.32 Å². The molecule has 4 nitrogen and oxygen atoms in total. The number of carboxylic acids is 1. The van der Waals surface area contributed by atoms with Crippen molar-refractivity contribution in [1.29, 1.82) is 0 Å². The highest BCUT2D eigenvalue weighted by Gasteiger charge is 2.45. The fourth-order valence-corrected chi connectivity index (χ4v) is 2.91. The monoisotopic (exact) mass is 271 g/mol. The van der Waals surface area contributed by atoms with Crippen LogP contribution in [0.5, 0.6) is 0 Å². The fraction of sp³-hybridized carbons (Fsp3) is 0.312. The molecule has 0 saturated heterocycles. The number of fused-ring (bicyclic) bond motifs is 1. The molecule has 0 spiro atoms. The quantitative estimate of drug-likeness (QED) is 0.897. The second kappa shape index (κ2) is 4.80. The van der Waals surface area contributed by atoms with Crippen LogP contribution in [0.15, 0.2) is 40.8 Å². The zero-order valence-electron chi connectivity index (χ0n) is 11.3. The summed E-state index contributed by atoms with van der Waals surface area (Å²) in [5.41, 5.74) is 0.978. The second-order valence-electron chi connectivity index (χ2n) is 5.23. The van der Waals surface area contributed by atoms with Crippen LogP contribution in [0.4, 0.5) is 0 Å². The second-order valence-corrected chi connectivity index (χ2v) is 5.23. The Morgan fingerprint density at radius 1 is 1.35 bits per heavy atom. The van der Waals surface area contributed by atoms with Gasteiger partial charge < -0.3 is 9.52 Å². The van der Waals surface area contributed by atoms with E-state index >= 15 is 0 Å². The Bertz CT molecular complexity index is 647. The lowest BCUT2D eigenvalue weighted by Gasteiger charge is -2.26. The molecule has 0 aliphatic heterocycles. The molecule has 0 saturated carbocycles. The third kappa shape index (κ3) is 2.02. The molecule has 1 heterocycles. The first kappa shape index (κ1) is 12.9. The molecule has 2 aromatic rings. The molecule has 1 unspecified atom stereocenters. The fourth-order valence-electron chi connectivity index (χ4n) is 2.91. The van der Waals surface area contributed by atoms with Gasteiger partial charge in [0.05, 0.1) is 6.54 Å². The maximum atomic E-state index is 11.8. The van der Waals surface area contributed by atoms with Gasteiger partial charge >= 0.3 is 5.97 Å². The molecule has 0 fully saturated rings. The Kier molecular flexibility index (Phi) is 3.10. The minimum atomic E-state index is -1.00. The maximum absolute atomic E-state index is 11.8. The van der Waals surface area contributed by atoms with E-state index in [0.717, 1.165) is 29.1 Å². The van der Waals surface area contributed by atoms with E-state index in [4.69, 9.17) is 4.42 Å². The van der Waals surface area contributed by atoms with Crippen molar-refractivity contribution in [2.45, 2.75) is 31.8 Å². The number of hydrogen-bond acceptors (Lipinski definition) is 3. The van der Waals surface area contributed by atoms with E-state index in [1.54, 1.807) is 0 Å². The molecule has 104 valence electrons. The number of carboxylic acid groups (broad SMARTS) is 1. The standard InChI is InChI=1S/C16H17NO3/c1-11-6-7-13(20-11)10-17-16(15(18)19)9-8-12-4-2-3-5-14(12)16/h2-7,17H,8-10H2,1H3,(H,18,19). The molecule has 0 amide bonds. The molecule has 20 heavy (non-hydrogen) atoms. The molecular formula is C16H17NO3. The minimum Gasteiger partial charge on any atom is -0.480 e. The lowest BCUT2D eigenvalue weighted by Crippen LogP contribution is -2.47. The van der Waals surface area contributed by atoms with Gasteiger partial charge in [-0.1, -0.05) is 24.3 Å². The number of aliphatic carboxylic acids is 1. The van der Waals surface area contributed by atoms with Gasteiger partial charge in [0.15, 0.2) is 0 Å². The zero-order chi connectivity index (χ0) is 14.2.